The van der Waals surface area contributed by atoms with Gasteiger partial charge in [0.2, 0.25) is 5.91 Å². The molecule has 0 aromatic heterocycles. The van der Waals surface area contributed by atoms with Gasteiger partial charge in [0.05, 0.1) is 17.4 Å². The van der Waals surface area contributed by atoms with Crippen molar-refractivity contribution < 1.29 is 13.7 Å². The first-order valence-corrected chi connectivity index (χ1v) is 6.87. The normalized spacial score (nSPS) is 12.1. The Hall–Kier alpha value is -1.40. The van der Waals surface area contributed by atoms with Crippen LogP contribution in [0.15, 0.2) is 23.1 Å². The standard InChI is InChI=1S/C12H18N2O3S/c1-9-10(13)4-3-5-11(9)18(16)8-12(15)14-6-7-17-2/h3-5H,6-8,13H2,1-2H3,(H,14,15). The Kier molecular flexibility index (Phi) is 5.80. The highest BCUT2D eigenvalue weighted by atomic mass is 32.2. The molecule has 0 spiro atoms. The van der Waals surface area contributed by atoms with Crippen LogP contribution in [0.3, 0.4) is 0 Å². The number of hydrogen-bond donors (Lipinski definition) is 2. The smallest absolute Gasteiger partial charge is 0.233 e. The van der Waals surface area contributed by atoms with Gasteiger partial charge < -0.3 is 15.8 Å². The summed E-state index contributed by atoms with van der Waals surface area (Å²) in [4.78, 5) is 12.1. The number of carbonyl (C=O) groups excluding carboxylic acids is 1. The van der Waals surface area contributed by atoms with E-state index < -0.39 is 10.8 Å². The predicted molar refractivity (Wildman–Crippen MR) is 71.8 cm³/mol. The molecule has 5 nitrogen and oxygen atoms in total. The lowest BCUT2D eigenvalue weighted by atomic mass is 10.2. The van der Waals surface area contributed by atoms with E-state index in [9.17, 15) is 9.00 Å². The van der Waals surface area contributed by atoms with Crippen LogP contribution in [0.1, 0.15) is 5.56 Å². The van der Waals surface area contributed by atoms with Crippen molar-refractivity contribution in [1.29, 1.82) is 0 Å². The van der Waals surface area contributed by atoms with E-state index in [-0.39, 0.29) is 11.7 Å². The van der Waals surface area contributed by atoms with Crippen molar-refractivity contribution in [3.63, 3.8) is 0 Å². The molecule has 0 fully saturated rings. The van der Waals surface area contributed by atoms with Crippen LogP contribution in [0.5, 0.6) is 0 Å². The highest BCUT2D eigenvalue weighted by molar-refractivity contribution is 7.85. The van der Waals surface area contributed by atoms with E-state index in [1.165, 1.54) is 0 Å². The number of anilines is 1. The molecule has 1 aromatic rings. The number of rotatable bonds is 6. The average Bonchev–Trinajstić information content (AvgIpc) is 2.32. The number of amides is 1. The summed E-state index contributed by atoms with van der Waals surface area (Å²) < 4.78 is 16.8. The van der Waals surface area contributed by atoms with E-state index in [1.54, 1.807) is 32.2 Å². The minimum Gasteiger partial charge on any atom is -0.398 e. The summed E-state index contributed by atoms with van der Waals surface area (Å²) >= 11 is 0. The fraction of sp³-hybridized carbons (Fsp3) is 0.417. The lowest BCUT2D eigenvalue weighted by Crippen LogP contribution is -2.31. The highest BCUT2D eigenvalue weighted by Crippen LogP contribution is 2.18. The third-order valence-corrected chi connectivity index (χ3v) is 3.92. The fourth-order valence-corrected chi connectivity index (χ4v) is 2.60. The van der Waals surface area contributed by atoms with Crippen molar-refractivity contribution in [1.82, 2.24) is 5.32 Å². The van der Waals surface area contributed by atoms with Gasteiger partial charge in [0.1, 0.15) is 5.75 Å². The second-order valence-electron chi connectivity index (χ2n) is 3.80. The number of nitrogens with two attached hydrogens (primary N) is 1. The van der Waals surface area contributed by atoms with Crippen molar-refractivity contribution in [2.75, 3.05) is 31.7 Å². The van der Waals surface area contributed by atoms with E-state index in [0.29, 0.717) is 23.7 Å². The molecule has 0 aliphatic heterocycles. The van der Waals surface area contributed by atoms with E-state index >= 15 is 0 Å². The summed E-state index contributed by atoms with van der Waals surface area (Å²) in [5.41, 5.74) is 7.08. The molecule has 3 N–H and O–H groups in total. The minimum absolute atomic E-state index is 0.0615. The molecule has 18 heavy (non-hydrogen) atoms. The van der Waals surface area contributed by atoms with Crippen LogP contribution >= 0.6 is 0 Å². The number of hydrogen-bond acceptors (Lipinski definition) is 4. The molecular weight excluding hydrogens is 252 g/mol. The Bertz CT molecular complexity index is 449. The van der Waals surface area contributed by atoms with Crippen molar-refractivity contribution >= 4 is 22.4 Å². The van der Waals surface area contributed by atoms with E-state index in [1.807, 2.05) is 0 Å². The maximum Gasteiger partial charge on any atom is 0.233 e. The average molecular weight is 270 g/mol. The number of benzene rings is 1. The molecule has 1 atom stereocenters. The van der Waals surface area contributed by atoms with Crippen LogP contribution in [-0.4, -0.2) is 36.1 Å². The zero-order valence-corrected chi connectivity index (χ0v) is 11.4. The first-order valence-electron chi connectivity index (χ1n) is 5.55. The molecule has 0 heterocycles. The molecular formula is C12H18N2O3S. The third kappa shape index (κ3) is 4.12. The molecule has 1 unspecified atom stereocenters. The Morgan fingerprint density at radius 1 is 1.50 bits per heavy atom. The summed E-state index contributed by atoms with van der Waals surface area (Å²) in [7, 11) is 0.182. The maximum absolute atomic E-state index is 12.0. The molecule has 0 aliphatic rings. The molecule has 1 amide bonds. The summed E-state index contributed by atoms with van der Waals surface area (Å²) in [5, 5.41) is 2.63. The van der Waals surface area contributed by atoms with Gasteiger partial charge in [-0.1, -0.05) is 6.07 Å². The molecule has 6 heteroatoms. The van der Waals surface area contributed by atoms with Gasteiger partial charge >= 0.3 is 0 Å². The molecule has 0 radical (unpaired) electrons. The van der Waals surface area contributed by atoms with E-state index in [0.717, 1.165) is 5.56 Å². The van der Waals surface area contributed by atoms with Gasteiger partial charge in [-0.2, -0.15) is 0 Å². The summed E-state index contributed by atoms with van der Waals surface area (Å²) in [5.74, 6) is -0.319. The van der Waals surface area contributed by atoms with Crippen molar-refractivity contribution in [2.45, 2.75) is 11.8 Å². The summed E-state index contributed by atoms with van der Waals surface area (Å²) in [6, 6.07) is 5.21. The van der Waals surface area contributed by atoms with Gasteiger partial charge in [0, 0.05) is 24.2 Å². The van der Waals surface area contributed by atoms with E-state index in [4.69, 9.17) is 10.5 Å². The van der Waals surface area contributed by atoms with Gasteiger partial charge in [-0.15, -0.1) is 0 Å². The van der Waals surface area contributed by atoms with Crippen LogP contribution in [0, 0.1) is 6.92 Å². The maximum atomic E-state index is 12.0. The van der Waals surface area contributed by atoms with Crippen LogP contribution in [0.4, 0.5) is 5.69 Å². The van der Waals surface area contributed by atoms with Crippen LogP contribution in [0.2, 0.25) is 0 Å². The Balaban J connectivity index is 2.60. The predicted octanol–water partition coefficient (Wildman–Crippen LogP) is 0.447. The Morgan fingerprint density at radius 3 is 2.89 bits per heavy atom. The first kappa shape index (κ1) is 14.7. The van der Waals surface area contributed by atoms with Gasteiger partial charge in [0.25, 0.3) is 0 Å². The van der Waals surface area contributed by atoms with Gasteiger partial charge in [0.15, 0.2) is 0 Å². The number of carbonyl (C=O) groups is 1. The third-order valence-electron chi connectivity index (χ3n) is 2.46. The highest BCUT2D eigenvalue weighted by Gasteiger charge is 2.13. The first-order chi connectivity index (χ1) is 8.56. The number of nitrogen functional groups attached to an aromatic ring is 1. The second kappa shape index (κ2) is 7.13. The summed E-state index contributed by atoms with van der Waals surface area (Å²) in [6.45, 7) is 2.66. The fourth-order valence-electron chi connectivity index (χ4n) is 1.42. The molecule has 0 saturated heterocycles. The van der Waals surface area contributed by atoms with Gasteiger partial charge in [-0.05, 0) is 24.6 Å². The Labute approximate surface area is 109 Å². The molecule has 0 saturated carbocycles. The van der Waals surface area contributed by atoms with Crippen molar-refractivity contribution in [2.24, 2.45) is 0 Å². The molecule has 100 valence electrons. The van der Waals surface area contributed by atoms with Crippen LogP contribution in [0.25, 0.3) is 0 Å². The Morgan fingerprint density at radius 2 is 2.22 bits per heavy atom. The molecule has 0 bridgehead atoms. The molecule has 1 aromatic carbocycles. The van der Waals surface area contributed by atoms with Gasteiger partial charge in [-0.25, -0.2) is 0 Å². The van der Waals surface area contributed by atoms with Crippen molar-refractivity contribution in [3.05, 3.63) is 23.8 Å². The number of ether oxygens (including phenoxy) is 1. The largest absolute Gasteiger partial charge is 0.398 e. The quantitative estimate of drug-likeness (QED) is 0.581. The zero-order chi connectivity index (χ0) is 13.5. The second-order valence-corrected chi connectivity index (χ2v) is 5.22. The van der Waals surface area contributed by atoms with E-state index in [2.05, 4.69) is 5.32 Å². The molecule has 1 rings (SSSR count). The SMILES string of the molecule is COCCNC(=O)CS(=O)c1cccc(N)c1C. The van der Waals surface area contributed by atoms with Crippen LogP contribution < -0.4 is 11.1 Å². The minimum atomic E-state index is -1.37. The monoisotopic (exact) mass is 270 g/mol. The number of methoxy groups -OCH3 is 1. The molecule has 0 aliphatic carbocycles. The lowest BCUT2D eigenvalue weighted by Gasteiger charge is -2.08. The lowest BCUT2D eigenvalue weighted by molar-refractivity contribution is -0.118. The number of nitrogens with one attached hydrogen (secondary N) is 1. The zero-order valence-electron chi connectivity index (χ0n) is 10.6. The van der Waals surface area contributed by atoms with Crippen LogP contribution in [-0.2, 0) is 20.3 Å². The topological polar surface area (TPSA) is 81.4 Å². The van der Waals surface area contributed by atoms with Gasteiger partial charge in [-0.3, -0.25) is 9.00 Å². The summed E-state index contributed by atoms with van der Waals surface area (Å²) in [6.07, 6.45) is 0. The van der Waals surface area contributed by atoms with Crippen molar-refractivity contribution in [3.8, 4) is 0 Å².